The van der Waals surface area contributed by atoms with E-state index in [1.807, 2.05) is 36.5 Å². The molecule has 2 N–H and O–H groups in total. The summed E-state index contributed by atoms with van der Waals surface area (Å²) in [7, 11) is 0. The van der Waals surface area contributed by atoms with E-state index in [9.17, 15) is 9.59 Å². The van der Waals surface area contributed by atoms with Crippen LogP contribution in [-0.4, -0.2) is 32.8 Å². The van der Waals surface area contributed by atoms with Gasteiger partial charge < -0.3 is 10.4 Å². The number of carboxylic acids is 1. The van der Waals surface area contributed by atoms with Crippen molar-refractivity contribution in [3.05, 3.63) is 60.9 Å². The van der Waals surface area contributed by atoms with Crippen molar-refractivity contribution in [3.63, 3.8) is 0 Å². The van der Waals surface area contributed by atoms with Gasteiger partial charge in [0.2, 0.25) is 5.91 Å². The zero-order chi connectivity index (χ0) is 17.4. The maximum Gasteiger partial charge on any atom is 0.326 e. The number of carboxylic acid groups (broad SMARTS) is 1. The second kappa shape index (κ2) is 8.67. The SMILES string of the molecule is C=CCCC(NC(=O)CCc1cnn(-c2ccccc2)c1)C(=O)O. The topological polar surface area (TPSA) is 84.2 Å². The van der Waals surface area contributed by atoms with Gasteiger partial charge in [-0.05, 0) is 37.0 Å². The van der Waals surface area contributed by atoms with Crippen LogP contribution in [0, 0.1) is 0 Å². The van der Waals surface area contributed by atoms with E-state index in [4.69, 9.17) is 5.11 Å². The molecule has 0 fully saturated rings. The quantitative estimate of drug-likeness (QED) is 0.692. The normalized spacial score (nSPS) is 11.7. The summed E-state index contributed by atoms with van der Waals surface area (Å²) in [4.78, 5) is 23.1. The largest absolute Gasteiger partial charge is 0.480 e. The van der Waals surface area contributed by atoms with Crippen molar-refractivity contribution in [1.29, 1.82) is 0 Å². The first-order valence-electron chi connectivity index (χ1n) is 7.82. The first-order valence-corrected chi connectivity index (χ1v) is 7.82. The van der Waals surface area contributed by atoms with Crippen LogP contribution < -0.4 is 5.32 Å². The molecular formula is C18H21N3O3. The third-order valence-electron chi connectivity index (χ3n) is 3.59. The number of aliphatic carboxylic acids is 1. The van der Waals surface area contributed by atoms with Crippen LogP contribution in [0.3, 0.4) is 0 Å². The van der Waals surface area contributed by atoms with Gasteiger partial charge in [0.1, 0.15) is 6.04 Å². The minimum Gasteiger partial charge on any atom is -0.480 e. The van der Waals surface area contributed by atoms with Crippen LogP contribution in [0.15, 0.2) is 55.4 Å². The lowest BCUT2D eigenvalue weighted by atomic mass is 10.1. The van der Waals surface area contributed by atoms with Crippen LogP contribution in [0.5, 0.6) is 0 Å². The summed E-state index contributed by atoms with van der Waals surface area (Å²) in [6.45, 7) is 3.56. The number of nitrogens with zero attached hydrogens (tertiary/aromatic N) is 2. The lowest BCUT2D eigenvalue weighted by Crippen LogP contribution is -2.40. The molecule has 0 aliphatic rings. The fourth-order valence-electron chi connectivity index (χ4n) is 2.28. The predicted molar refractivity (Wildman–Crippen MR) is 90.9 cm³/mol. The van der Waals surface area contributed by atoms with Gasteiger partial charge in [-0.3, -0.25) is 4.79 Å². The fourth-order valence-corrected chi connectivity index (χ4v) is 2.28. The summed E-state index contributed by atoms with van der Waals surface area (Å²) in [6.07, 6.45) is 6.84. The Labute approximate surface area is 140 Å². The van der Waals surface area contributed by atoms with Crippen molar-refractivity contribution in [2.24, 2.45) is 0 Å². The molecule has 126 valence electrons. The fraction of sp³-hybridized carbons (Fsp3) is 0.278. The molecule has 0 radical (unpaired) electrons. The monoisotopic (exact) mass is 327 g/mol. The maximum absolute atomic E-state index is 11.9. The van der Waals surface area contributed by atoms with E-state index in [1.165, 1.54) is 0 Å². The van der Waals surface area contributed by atoms with Crippen molar-refractivity contribution in [1.82, 2.24) is 15.1 Å². The van der Waals surface area contributed by atoms with Crippen LogP contribution >= 0.6 is 0 Å². The summed E-state index contributed by atoms with van der Waals surface area (Å²) in [5, 5.41) is 15.9. The highest BCUT2D eigenvalue weighted by Gasteiger charge is 2.18. The number of hydrogen-bond acceptors (Lipinski definition) is 3. The number of nitrogens with one attached hydrogen (secondary N) is 1. The summed E-state index contributed by atoms with van der Waals surface area (Å²) < 4.78 is 1.75. The molecule has 0 bridgehead atoms. The van der Waals surface area contributed by atoms with Gasteiger partial charge in [0.25, 0.3) is 0 Å². The summed E-state index contributed by atoms with van der Waals surface area (Å²) in [5.74, 6) is -1.30. The number of aromatic nitrogens is 2. The lowest BCUT2D eigenvalue weighted by molar-refractivity contribution is -0.142. The number of amides is 1. The van der Waals surface area contributed by atoms with E-state index in [2.05, 4.69) is 17.0 Å². The molecule has 2 aromatic rings. The van der Waals surface area contributed by atoms with Crippen molar-refractivity contribution < 1.29 is 14.7 Å². The highest BCUT2D eigenvalue weighted by molar-refractivity contribution is 5.83. The van der Waals surface area contributed by atoms with E-state index in [0.29, 0.717) is 19.3 Å². The Bertz CT molecular complexity index is 695. The van der Waals surface area contributed by atoms with E-state index in [-0.39, 0.29) is 12.3 Å². The minimum atomic E-state index is -1.03. The average molecular weight is 327 g/mol. The Kier molecular flexibility index (Phi) is 6.31. The summed E-state index contributed by atoms with van der Waals surface area (Å²) in [5.41, 5.74) is 1.87. The van der Waals surface area contributed by atoms with Gasteiger partial charge in [0.15, 0.2) is 0 Å². The average Bonchev–Trinajstić information content (AvgIpc) is 3.06. The van der Waals surface area contributed by atoms with Crippen molar-refractivity contribution in [3.8, 4) is 5.69 Å². The molecule has 0 aliphatic carbocycles. The summed E-state index contributed by atoms with van der Waals surface area (Å²) in [6, 6.07) is 8.81. The molecule has 24 heavy (non-hydrogen) atoms. The third-order valence-corrected chi connectivity index (χ3v) is 3.59. The predicted octanol–water partition coefficient (Wildman–Crippen LogP) is 2.34. The Morgan fingerprint density at radius 1 is 1.33 bits per heavy atom. The highest BCUT2D eigenvalue weighted by atomic mass is 16.4. The zero-order valence-electron chi connectivity index (χ0n) is 13.4. The van der Waals surface area contributed by atoms with E-state index >= 15 is 0 Å². The minimum absolute atomic E-state index is 0.221. The van der Waals surface area contributed by atoms with Gasteiger partial charge in [-0.25, -0.2) is 9.48 Å². The smallest absolute Gasteiger partial charge is 0.326 e. The molecule has 0 saturated heterocycles. The number of para-hydroxylation sites is 1. The molecule has 0 spiro atoms. The van der Waals surface area contributed by atoms with Crippen LogP contribution in [0.25, 0.3) is 5.69 Å². The Hall–Kier alpha value is -2.89. The number of rotatable bonds is 9. The van der Waals surface area contributed by atoms with Gasteiger partial charge in [-0.2, -0.15) is 5.10 Å². The summed E-state index contributed by atoms with van der Waals surface area (Å²) >= 11 is 0. The van der Waals surface area contributed by atoms with E-state index in [1.54, 1.807) is 17.0 Å². The standard InChI is InChI=1S/C18H21N3O3/c1-2-3-9-16(18(23)24)20-17(22)11-10-14-12-19-21(13-14)15-7-5-4-6-8-15/h2,4-8,12-13,16H,1,3,9-11H2,(H,20,22)(H,23,24). The third kappa shape index (κ3) is 5.08. The van der Waals surface area contributed by atoms with E-state index < -0.39 is 12.0 Å². The van der Waals surface area contributed by atoms with Crippen molar-refractivity contribution >= 4 is 11.9 Å². The van der Waals surface area contributed by atoms with Crippen molar-refractivity contribution in [2.75, 3.05) is 0 Å². The number of hydrogen-bond donors (Lipinski definition) is 2. The second-order valence-electron chi connectivity index (χ2n) is 5.45. The molecule has 0 saturated carbocycles. The first kappa shape index (κ1) is 17.5. The second-order valence-corrected chi connectivity index (χ2v) is 5.45. The molecule has 1 aromatic carbocycles. The van der Waals surface area contributed by atoms with Gasteiger partial charge in [0.05, 0.1) is 11.9 Å². The Morgan fingerprint density at radius 2 is 2.08 bits per heavy atom. The van der Waals surface area contributed by atoms with Crippen LogP contribution in [-0.2, 0) is 16.0 Å². The number of carbonyl (C=O) groups is 2. The van der Waals surface area contributed by atoms with Crippen LogP contribution in [0.4, 0.5) is 0 Å². The van der Waals surface area contributed by atoms with Crippen LogP contribution in [0.1, 0.15) is 24.8 Å². The number of benzene rings is 1. The molecule has 1 amide bonds. The number of allylic oxidation sites excluding steroid dienone is 1. The molecule has 1 atom stereocenters. The molecule has 6 heteroatoms. The molecule has 2 rings (SSSR count). The van der Waals surface area contributed by atoms with Gasteiger partial charge >= 0.3 is 5.97 Å². The van der Waals surface area contributed by atoms with Gasteiger partial charge in [-0.1, -0.05) is 24.3 Å². The van der Waals surface area contributed by atoms with E-state index in [0.717, 1.165) is 11.3 Å². The molecule has 1 heterocycles. The molecule has 6 nitrogen and oxygen atoms in total. The molecule has 1 aromatic heterocycles. The zero-order valence-corrected chi connectivity index (χ0v) is 13.4. The highest BCUT2D eigenvalue weighted by Crippen LogP contribution is 2.09. The Morgan fingerprint density at radius 3 is 2.75 bits per heavy atom. The molecule has 0 aliphatic heterocycles. The lowest BCUT2D eigenvalue weighted by Gasteiger charge is -2.13. The number of carbonyl (C=O) groups excluding carboxylic acids is 1. The van der Waals surface area contributed by atoms with Crippen LogP contribution in [0.2, 0.25) is 0 Å². The van der Waals surface area contributed by atoms with Gasteiger partial charge in [0, 0.05) is 12.6 Å². The maximum atomic E-state index is 11.9. The number of aryl methyl sites for hydroxylation is 1. The molecular weight excluding hydrogens is 306 g/mol. The Balaban J connectivity index is 1.86. The first-order chi connectivity index (χ1) is 11.6. The van der Waals surface area contributed by atoms with Crippen molar-refractivity contribution in [2.45, 2.75) is 31.7 Å². The molecule has 1 unspecified atom stereocenters. The van der Waals surface area contributed by atoms with Gasteiger partial charge in [-0.15, -0.1) is 6.58 Å².